The topological polar surface area (TPSA) is 33.3 Å². The molecule has 0 aliphatic carbocycles. The molecule has 0 radical (unpaired) electrons. The Morgan fingerprint density at radius 3 is 1.57 bits per heavy atom. The molecule has 1 rings (SSSR count). The highest BCUT2D eigenvalue weighted by molar-refractivity contribution is 4.53. The maximum Gasteiger partial charge on any atom is 0.0591 e. The third kappa shape index (κ3) is 14.4. The zero-order valence-electron chi connectivity index (χ0n) is 10.4. The van der Waals surface area contributed by atoms with E-state index < -0.39 is 0 Å². The van der Waals surface area contributed by atoms with Crippen LogP contribution in [0.5, 0.6) is 0 Å². The summed E-state index contributed by atoms with van der Waals surface area (Å²) in [6.45, 7) is 13.9. The molecule has 2 N–H and O–H groups in total. The third-order valence-electron chi connectivity index (χ3n) is 1.55. The maximum absolute atomic E-state index is 5.28. The monoisotopic (exact) mass is 204 g/mol. The molecule has 0 amide bonds. The first-order chi connectivity index (χ1) is 7.00. The minimum absolute atomic E-state index is 0.849. The Labute approximate surface area is 89.6 Å². The van der Waals surface area contributed by atoms with Gasteiger partial charge in [-0.2, -0.15) is 0 Å². The van der Waals surface area contributed by atoms with E-state index in [2.05, 4.69) is 10.6 Å². The molecular weight excluding hydrogens is 176 g/mol. The van der Waals surface area contributed by atoms with E-state index in [1.165, 1.54) is 6.42 Å². The van der Waals surface area contributed by atoms with Crippen LogP contribution >= 0.6 is 0 Å². The molecule has 1 heterocycles. The summed E-state index contributed by atoms with van der Waals surface area (Å²) in [5.41, 5.74) is 0. The minimum Gasteiger partial charge on any atom is -0.379 e. The van der Waals surface area contributed by atoms with E-state index in [4.69, 9.17) is 4.74 Å². The second-order valence-electron chi connectivity index (χ2n) is 2.47. The Morgan fingerprint density at radius 2 is 1.14 bits per heavy atom. The lowest BCUT2D eigenvalue weighted by molar-refractivity contribution is 0.135. The molecule has 1 aliphatic rings. The van der Waals surface area contributed by atoms with Gasteiger partial charge in [0.15, 0.2) is 0 Å². The second-order valence-corrected chi connectivity index (χ2v) is 2.47. The normalized spacial score (nSPS) is 18.0. The maximum atomic E-state index is 5.28. The van der Waals surface area contributed by atoms with Crippen molar-refractivity contribution in [3.8, 4) is 0 Å². The molecule has 0 atom stereocenters. The van der Waals surface area contributed by atoms with Crippen LogP contribution in [0.3, 0.4) is 0 Å². The molecule has 14 heavy (non-hydrogen) atoms. The van der Waals surface area contributed by atoms with Crippen LogP contribution in [0.2, 0.25) is 0 Å². The fourth-order valence-electron chi connectivity index (χ4n) is 0.979. The lowest BCUT2D eigenvalue weighted by Gasteiger charge is -2.10. The van der Waals surface area contributed by atoms with Crippen LogP contribution in [0.1, 0.15) is 34.1 Å². The van der Waals surface area contributed by atoms with Gasteiger partial charge < -0.3 is 15.4 Å². The predicted octanol–water partition coefficient (Wildman–Crippen LogP) is 1.64. The van der Waals surface area contributed by atoms with Gasteiger partial charge in [0.25, 0.3) is 0 Å². The number of hydrogen-bond donors (Lipinski definition) is 2. The average molecular weight is 204 g/mol. The molecule has 1 aliphatic heterocycles. The molecule has 1 fully saturated rings. The standard InChI is InChI=1S/C7H16N2O.2C2H6/c1-2-8-4-6-10-7-5-9-3-1;2*1-2/h8-9H,1-7H2;2*1-2H3. The Balaban J connectivity index is 0. The van der Waals surface area contributed by atoms with Gasteiger partial charge in [0.05, 0.1) is 13.2 Å². The molecule has 88 valence electrons. The first-order valence-electron chi connectivity index (χ1n) is 5.99. The van der Waals surface area contributed by atoms with Crippen LogP contribution in [-0.2, 0) is 4.74 Å². The van der Waals surface area contributed by atoms with E-state index in [1.807, 2.05) is 27.7 Å². The summed E-state index contributed by atoms with van der Waals surface area (Å²) in [5.74, 6) is 0. The van der Waals surface area contributed by atoms with Crippen molar-refractivity contribution in [2.45, 2.75) is 34.1 Å². The zero-order chi connectivity index (χ0) is 11.1. The van der Waals surface area contributed by atoms with E-state index in [1.54, 1.807) is 0 Å². The van der Waals surface area contributed by atoms with E-state index in [-0.39, 0.29) is 0 Å². The highest BCUT2D eigenvalue weighted by Gasteiger charge is 1.93. The predicted molar refractivity (Wildman–Crippen MR) is 63.9 cm³/mol. The van der Waals surface area contributed by atoms with Gasteiger partial charge in [-0.15, -0.1) is 0 Å². The molecule has 3 nitrogen and oxygen atoms in total. The Hall–Kier alpha value is -0.120. The van der Waals surface area contributed by atoms with Crippen LogP contribution in [0.25, 0.3) is 0 Å². The fourth-order valence-corrected chi connectivity index (χ4v) is 0.979. The SMILES string of the molecule is C1CNCCOCCNC1.CC.CC. The van der Waals surface area contributed by atoms with Crippen LogP contribution < -0.4 is 10.6 Å². The van der Waals surface area contributed by atoms with Crippen molar-refractivity contribution >= 4 is 0 Å². The van der Waals surface area contributed by atoms with Crippen molar-refractivity contribution in [3.05, 3.63) is 0 Å². The smallest absolute Gasteiger partial charge is 0.0591 e. The largest absolute Gasteiger partial charge is 0.379 e. The fraction of sp³-hybridized carbons (Fsp3) is 1.00. The quantitative estimate of drug-likeness (QED) is 0.629. The Bertz CT molecular complexity index is 46.5. The molecule has 0 unspecified atom stereocenters. The van der Waals surface area contributed by atoms with Crippen LogP contribution in [0.15, 0.2) is 0 Å². The minimum atomic E-state index is 0.849. The van der Waals surface area contributed by atoms with Crippen molar-refractivity contribution < 1.29 is 4.74 Å². The van der Waals surface area contributed by atoms with Gasteiger partial charge in [-0.25, -0.2) is 0 Å². The molecule has 0 bridgehead atoms. The zero-order valence-corrected chi connectivity index (χ0v) is 10.4. The molecule has 0 aromatic heterocycles. The van der Waals surface area contributed by atoms with Gasteiger partial charge in [0.1, 0.15) is 0 Å². The molecule has 0 saturated carbocycles. The van der Waals surface area contributed by atoms with Gasteiger partial charge >= 0.3 is 0 Å². The number of nitrogens with one attached hydrogen (secondary N) is 2. The first kappa shape index (κ1) is 16.3. The van der Waals surface area contributed by atoms with Crippen LogP contribution in [0.4, 0.5) is 0 Å². The molecule has 0 aromatic rings. The summed E-state index contributed by atoms with van der Waals surface area (Å²) < 4.78 is 5.28. The van der Waals surface area contributed by atoms with Gasteiger partial charge in [0.2, 0.25) is 0 Å². The third-order valence-corrected chi connectivity index (χ3v) is 1.55. The second kappa shape index (κ2) is 18.6. The highest BCUT2D eigenvalue weighted by atomic mass is 16.5. The molecule has 0 spiro atoms. The van der Waals surface area contributed by atoms with Crippen LogP contribution in [0, 0.1) is 0 Å². The number of rotatable bonds is 0. The van der Waals surface area contributed by atoms with Gasteiger partial charge in [0, 0.05) is 13.1 Å². The van der Waals surface area contributed by atoms with E-state index >= 15 is 0 Å². The Kier molecular flexibility index (Phi) is 21.7. The van der Waals surface area contributed by atoms with E-state index in [9.17, 15) is 0 Å². The van der Waals surface area contributed by atoms with E-state index in [0.29, 0.717) is 0 Å². The Morgan fingerprint density at radius 1 is 0.714 bits per heavy atom. The summed E-state index contributed by atoms with van der Waals surface area (Å²) in [6.07, 6.45) is 1.22. The van der Waals surface area contributed by atoms with Crippen LogP contribution in [-0.4, -0.2) is 39.4 Å². The summed E-state index contributed by atoms with van der Waals surface area (Å²) >= 11 is 0. The summed E-state index contributed by atoms with van der Waals surface area (Å²) in [6, 6.07) is 0. The molecule has 0 aromatic carbocycles. The van der Waals surface area contributed by atoms with Crippen molar-refractivity contribution in [1.82, 2.24) is 10.6 Å². The van der Waals surface area contributed by atoms with Crippen molar-refractivity contribution in [1.29, 1.82) is 0 Å². The molecule has 3 heteroatoms. The lowest BCUT2D eigenvalue weighted by Crippen LogP contribution is -2.29. The number of hydrogen-bond acceptors (Lipinski definition) is 3. The highest BCUT2D eigenvalue weighted by Crippen LogP contribution is 1.78. The lowest BCUT2D eigenvalue weighted by atomic mass is 10.4. The van der Waals surface area contributed by atoms with Gasteiger partial charge in [-0.05, 0) is 19.5 Å². The van der Waals surface area contributed by atoms with Crippen molar-refractivity contribution in [2.75, 3.05) is 39.4 Å². The molecule has 1 saturated heterocycles. The van der Waals surface area contributed by atoms with E-state index in [0.717, 1.165) is 39.4 Å². The van der Waals surface area contributed by atoms with Gasteiger partial charge in [-0.1, -0.05) is 27.7 Å². The summed E-state index contributed by atoms with van der Waals surface area (Å²) in [5, 5.41) is 6.58. The van der Waals surface area contributed by atoms with Gasteiger partial charge in [-0.3, -0.25) is 0 Å². The summed E-state index contributed by atoms with van der Waals surface area (Å²) in [7, 11) is 0. The molecular formula is C11H28N2O. The van der Waals surface area contributed by atoms with Crippen molar-refractivity contribution in [3.63, 3.8) is 0 Å². The number of ether oxygens (including phenoxy) is 1. The summed E-state index contributed by atoms with van der Waals surface area (Å²) in [4.78, 5) is 0. The average Bonchev–Trinajstić information content (AvgIpc) is 2.32. The van der Waals surface area contributed by atoms with Crippen molar-refractivity contribution in [2.24, 2.45) is 0 Å². The first-order valence-corrected chi connectivity index (χ1v) is 5.99.